The molecule has 21 heavy (non-hydrogen) atoms. The summed E-state index contributed by atoms with van der Waals surface area (Å²) in [6.07, 6.45) is 1.48. The molecule has 0 aliphatic heterocycles. The number of anilines is 4. The van der Waals surface area contributed by atoms with E-state index in [2.05, 4.69) is 34.0 Å². The highest BCUT2D eigenvalue weighted by atomic mass is 35.5. The summed E-state index contributed by atoms with van der Waals surface area (Å²) in [5.41, 5.74) is 7.39. The van der Waals surface area contributed by atoms with Crippen molar-refractivity contribution in [2.45, 2.75) is 13.8 Å². The van der Waals surface area contributed by atoms with Gasteiger partial charge in [0.25, 0.3) is 0 Å². The number of rotatable bonds is 5. The summed E-state index contributed by atoms with van der Waals surface area (Å²) in [6.45, 7) is 5.74. The molecule has 0 fully saturated rings. The third-order valence-corrected chi connectivity index (χ3v) is 3.49. The van der Waals surface area contributed by atoms with Crippen molar-refractivity contribution in [3.63, 3.8) is 0 Å². The molecule has 0 amide bonds. The second-order valence-electron chi connectivity index (χ2n) is 4.41. The highest BCUT2D eigenvalue weighted by Crippen LogP contribution is 2.30. The molecule has 112 valence electrons. The van der Waals surface area contributed by atoms with Gasteiger partial charge in [-0.05, 0) is 32.0 Å². The Morgan fingerprint density at radius 3 is 2.29 bits per heavy atom. The first kappa shape index (κ1) is 15.7. The first-order valence-corrected chi connectivity index (χ1v) is 7.39. The maximum absolute atomic E-state index is 6.16. The molecular weight excluding hydrogens is 309 g/mol. The lowest BCUT2D eigenvalue weighted by Crippen LogP contribution is -2.24. The molecule has 0 radical (unpaired) electrons. The van der Waals surface area contributed by atoms with Gasteiger partial charge in [-0.15, -0.1) is 0 Å². The number of nitrogens with two attached hydrogens (primary N) is 1. The standard InChI is InChI=1S/C14H17Cl2N5/c1-3-21(4-2)14-12(17)13(18-8-19-14)20-11-6-9(15)5-10(16)7-11/h5-8H,3-4,17H2,1-2H3,(H,18,19,20). The summed E-state index contributed by atoms with van der Waals surface area (Å²) in [4.78, 5) is 10.5. The van der Waals surface area contributed by atoms with E-state index in [1.807, 2.05) is 0 Å². The average molecular weight is 326 g/mol. The van der Waals surface area contributed by atoms with Gasteiger partial charge in [0.2, 0.25) is 0 Å². The van der Waals surface area contributed by atoms with E-state index in [-0.39, 0.29) is 0 Å². The van der Waals surface area contributed by atoms with Crippen LogP contribution in [0.2, 0.25) is 10.0 Å². The van der Waals surface area contributed by atoms with Crippen LogP contribution in [0, 0.1) is 0 Å². The summed E-state index contributed by atoms with van der Waals surface area (Å²) >= 11 is 12.0. The first-order valence-electron chi connectivity index (χ1n) is 6.63. The minimum atomic E-state index is 0.497. The minimum absolute atomic E-state index is 0.497. The van der Waals surface area contributed by atoms with Gasteiger partial charge in [-0.1, -0.05) is 23.2 Å². The second kappa shape index (κ2) is 6.83. The van der Waals surface area contributed by atoms with E-state index in [0.717, 1.165) is 18.8 Å². The summed E-state index contributed by atoms with van der Waals surface area (Å²) in [6, 6.07) is 5.18. The molecule has 1 aromatic heterocycles. The van der Waals surface area contributed by atoms with Crippen molar-refractivity contribution in [1.29, 1.82) is 0 Å². The molecule has 0 aliphatic rings. The van der Waals surface area contributed by atoms with Gasteiger partial charge in [-0.25, -0.2) is 9.97 Å². The zero-order chi connectivity index (χ0) is 15.4. The third-order valence-electron chi connectivity index (χ3n) is 3.05. The zero-order valence-electron chi connectivity index (χ0n) is 11.9. The number of hydrogen-bond acceptors (Lipinski definition) is 5. The predicted molar refractivity (Wildman–Crippen MR) is 89.8 cm³/mol. The second-order valence-corrected chi connectivity index (χ2v) is 5.29. The van der Waals surface area contributed by atoms with Crippen LogP contribution < -0.4 is 16.0 Å². The highest BCUT2D eigenvalue weighted by molar-refractivity contribution is 6.35. The molecule has 1 heterocycles. The Labute approximate surface area is 134 Å². The van der Waals surface area contributed by atoms with Crippen molar-refractivity contribution in [2.24, 2.45) is 0 Å². The van der Waals surface area contributed by atoms with E-state index in [1.165, 1.54) is 6.33 Å². The molecule has 2 rings (SSSR count). The van der Waals surface area contributed by atoms with Crippen LogP contribution in [0.15, 0.2) is 24.5 Å². The van der Waals surface area contributed by atoms with E-state index in [1.54, 1.807) is 18.2 Å². The van der Waals surface area contributed by atoms with Crippen molar-refractivity contribution < 1.29 is 0 Å². The smallest absolute Gasteiger partial charge is 0.159 e. The molecule has 0 bridgehead atoms. The Morgan fingerprint density at radius 2 is 1.71 bits per heavy atom. The Hall–Kier alpha value is -1.72. The van der Waals surface area contributed by atoms with Gasteiger partial charge >= 0.3 is 0 Å². The maximum Gasteiger partial charge on any atom is 0.159 e. The fourth-order valence-corrected chi connectivity index (χ4v) is 2.55. The quantitative estimate of drug-likeness (QED) is 0.871. The van der Waals surface area contributed by atoms with Gasteiger partial charge < -0.3 is 16.0 Å². The van der Waals surface area contributed by atoms with Crippen molar-refractivity contribution in [3.05, 3.63) is 34.6 Å². The van der Waals surface area contributed by atoms with Crippen LogP contribution in [0.5, 0.6) is 0 Å². The Kier molecular flexibility index (Phi) is 5.09. The molecule has 0 saturated heterocycles. The lowest BCUT2D eigenvalue weighted by atomic mass is 10.3. The van der Waals surface area contributed by atoms with Crippen LogP contribution in [-0.4, -0.2) is 23.1 Å². The molecular formula is C14H17Cl2N5. The Balaban J connectivity index is 2.34. The van der Waals surface area contributed by atoms with Gasteiger partial charge in [0.15, 0.2) is 11.6 Å². The van der Waals surface area contributed by atoms with Crippen molar-refractivity contribution in [1.82, 2.24) is 9.97 Å². The number of halogens is 2. The zero-order valence-corrected chi connectivity index (χ0v) is 13.4. The van der Waals surface area contributed by atoms with Crippen molar-refractivity contribution >= 4 is 46.2 Å². The largest absolute Gasteiger partial charge is 0.393 e. The summed E-state index contributed by atoms with van der Waals surface area (Å²) < 4.78 is 0. The van der Waals surface area contributed by atoms with Crippen molar-refractivity contribution in [3.8, 4) is 0 Å². The first-order chi connectivity index (χ1) is 10.0. The van der Waals surface area contributed by atoms with E-state index in [0.29, 0.717) is 27.4 Å². The molecule has 0 saturated carbocycles. The Morgan fingerprint density at radius 1 is 1.10 bits per heavy atom. The third kappa shape index (κ3) is 3.68. The molecule has 5 nitrogen and oxygen atoms in total. The van der Waals surface area contributed by atoms with Gasteiger partial charge in [-0.3, -0.25) is 0 Å². The highest BCUT2D eigenvalue weighted by Gasteiger charge is 2.13. The van der Waals surface area contributed by atoms with E-state index in [4.69, 9.17) is 28.9 Å². The minimum Gasteiger partial charge on any atom is -0.393 e. The number of nitrogens with one attached hydrogen (secondary N) is 1. The van der Waals surface area contributed by atoms with E-state index < -0.39 is 0 Å². The fraction of sp³-hybridized carbons (Fsp3) is 0.286. The van der Waals surface area contributed by atoms with Gasteiger partial charge in [-0.2, -0.15) is 0 Å². The number of aromatic nitrogens is 2. The van der Waals surface area contributed by atoms with Gasteiger partial charge in [0.1, 0.15) is 12.0 Å². The van der Waals surface area contributed by atoms with Crippen LogP contribution in [0.3, 0.4) is 0 Å². The van der Waals surface area contributed by atoms with Gasteiger partial charge in [0.05, 0.1) is 0 Å². The van der Waals surface area contributed by atoms with Crippen LogP contribution in [-0.2, 0) is 0 Å². The van der Waals surface area contributed by atoms with Crippen molar-refractivity contribution in [2.75, 3.05) is 29.0 Å². The number of nitrogens with zero attached hydrogens (tertiary/aromatic N) is 3. The van der Waals surface area contributed by atoms with Crippen LogP contribution >= 0.6 is 23.2 Å². The molecule has 1 aromatic carbocycles. The summed E-state index contributed by atoms with van der Waals surface area (Å²) in [7, 11) is 0. The molecule has 0 aliphatic carbocycles. The fourth-order valence-electron chi connectivity index (χ4n) is 2.02. The van der Waals surface area contributed by atoms with Crippen LogP contribution in [0.4, 0.5) is 23.0 Å². The van der Waals surface area contributed by atoms with E-state index >= 15 is 0 Å². The molecule has 0 spiro atoms. The lowest BCUT2D eigenvalue weighted by Gasteiger charge is -2.22. The molecule has 7 heteroatoms. The predicted octanol–water partition coefficient (Wildman–Crippen LogP) is 3.96. The SMILES string of the molecule is CCN(CC)c1ncnc(Nc2cc(Cl)cc(Cl)c2)c1N. The van der Waals surface area contributed by atoms with Crippen LogP contribution in [0.1, 0.15) is 13.8 Å². The topological polar surface area (TPSA) is 67.1 Å². The average Bonchev–Trinajstić information content (AvgIpc) is 2.43. The van der Waals surface area contributed by atoms with E-state index in [9.17, 15) is 0 Å². The molecule has 0 unspecified atom stereocenters. The number of hydrogen-bond donors (Lipinski definition) is 2. The molecule has 3 N–H and O–H groups in total. The maximum atomic E-state index is 6.16. The number of nitrogen functional groups attached to an aromatic ring is 1. The van der Waals surface area contributed by atoms with Gasteiger partial charge in [0, 0.05) is 28.8 Å². The van der Waals surface area contributed by atoms with Crippen LogP contribution in [0.25, 0.3) is 0 Å². The normalized spacial score (nSPS) is 10.5. The molecule has 2 aromatic rings. The monoisotopic (exact) mass is 325 g/mol. The Bertz CT molecular complexity index is 609. The number of benzene rings is 1. The lowest BCUT2D eigenvalue weighted by molar-refractivity contribution is 0.844. The summed E-state index contributed by atoms with van der Waals surface area (Å²) in [5, 5.41) is 4.21. The molecule has 0 atom stereocenters. The summed E-state index contributed by atoms with van der Waals surface area (Å²) in [5.74, 6) is 1.25.